The Kier molecular flexibility index (Phi) is 39.4. The van der Waals surface area contributed by atoms with Crippen molar-refractivity contribution in [2.45, 2.75) is 255 Å². The van der Waals surface area contributed by atoms with E-state index in [1.807, 2.05) is 0 Å². The van der Waals surface area contributed by atoms with E-state index in [1.54, 1.807) is 0 Å². The molecule has 1 amide bonds. The van der Waals surface area contributed by atoms with Crippen molar-refractivity contribution >= 4 is 5.91 Å². The lowest BCUT2D eigenvalue weighted by molar-refractivity contribution is -0.303. The first-order valence-electron chi connectivity index (χ1n) is 25.7. The van der Waals surface area contributed by atoms with E-state index in [0.29, 0.717) is 19.3 Å². The molecule has 372 valence electrons. The first-order valence-corrected chi connectivity index (χ1v) is 25.7. The normalized spacial score (nSPS) is 21.5. The van der Waals surface area contributed by atoms with E-state index >= 15 is 0 Å². The average Bonchev–Trinajstić information content (AvgIpc) is 3.29. The highest BCUT2D eigenvalue weighted by Crippen LogP contribution is 2.23. The van der Waals surface area contributed by atoms with Gasteiger partial charge in [-0.3, -0.25) is 4.79 Å². The van der Waals surface area contributed by atoms with Crippen molar-refractivity contribution in [2.75, 3.05) is 13.2 Å². The fourth-order valence-electron chi connectivity index (χ4n) is 7.80. The third-order valence-electron chi connectivity index (χ3n) is 12.0. The maximum atomic E-state index is 13.1. The molecule has 0 saturated carbocycles. The molecule has 1 rings (SSSR count). The van der Waals surface area contributed by atoms with Crippen LogP contribution in [0, 0.1) is 0 Å². The summed E-state index contributed by atoms with van der Waals surface area (Å²) in [5.41, 5.74) is 0. The van der Waals surface area contributed by atoms with Crippen LogP contribution in [-0.4, -0.2) is 110 Å². The van der Waals surface area contributed by atoms with E-state index in [-0.39, 0.29) is 12.8 Å². The van der Waals surface area contributed by atoms with Crippen LogP contribution in [-0.2, 0) is 14.3 Å². The van der Waals surface area contributed by atoms with Gasteiger partial charge in [0.1, 0.15) is 36.6 Å². The number of unbranched alkanes of at least 4 members (excludes halogenated alkanes) is 20. The Bertz CT molecular complexity index is 1220. The highest BCUT2D eigenvalue weighted by molar-refractivity contribution is 5.80. The monoisotopic (exact) mass is 906 g/mol. The molecule has 0 aromatic rings. The summed E-state index contributed by atoms with van der Waals surface area (Å²) in [7, 11) is 0. The summed E-state index contributed by atoms with van der Waals surface area (Å²) in [5.74, 6) is -0.716. The van der Waals surface area contributed by atoms with Crippen molar-refractivity contribution in [3.8, 4) is 0 Å². The molecule has 11 heteroatoms. The summed E-state index contributed by atoms with van der Waals surface area (Å²) >= 11 is 0. The van der Waals surface area contributed by atoms with Crippen LogP contribution in [0.15, 0.2) is 60.8 Å². The minimum Gasteiger partial charge on any atom is -0.394 e. The summed E-state index contributed by atoms with van der Waals surface area (Å²) in [4.78, 5) is 13.1. The molecule has 9 unspecified atom stereocenters. The van der Waals surface area contributed by atoms with Crippen molar-refractivity contribution in [2.24, 2.45) is 0 Å². The fraction of sp³-hybridized carbons (Fsp3) is 0.792. The Labute approximate surface area is 389 Å². The number of carbonyl (C=O) groups excluding carboxylic acids is 1. The van der Waals surface area contributed by atoms with Gasteiger partial charge in [-0.05, 0) is 89.9 Å². The van der Waals surface area contributed by atoms with Crippen LogP contribution in [0.25, 0.3) is 0 Å². The summed E-state index contributed by atoms with van der Waals surface area (Å²) in [5, 5.41) is 75.9. The Morgan fingerprint density at radius 2 is 1.03 bits per heavy atom. The second-order valence-electron chi connectivity index (χ2n) is 17.8. The van der Waals surface area contributed by atoms with E-state index in [2.05, 4.69) is 79.9 Å². The Morgan fingerprint density at radius 1 is 0.562 bits per heavy atom. The van der Waals surface area contributed by atoms with Gasteiger partial charge in [-0.1, -0.05) is 171 Å². The van der Waals surface area contributed by atoms with Gasteiger partial charge in [0.15, 0.2) is 6.29 Å². The molecule has 1 saturated heterocycles. The Hall–Kier alpha value is -2.19. The molecule has 64 heavy (non-hydrogen) atoms. The second kappa shape index (κ2) is 42.2. The number of aliphatic hydroxyl groups is 7. The van der Waals surface area contributed by atoms with Gasteiger partial charge < -0.3 is 50.5 Å². The van der Waals surface area contributed by atoms with E-state index in [4.69, 9.17) is 9.47 Å². The highest BCUT2D eigenvalue weighted by Gasteiger charge is 2.44. The summed E-state index contributed by atoms with van der Waals surface area (Å²) in [6.07, 6.45) is 41.2. The van der Waals surface area contributed by atoms with Gasteiger partial charge in [-0.2, -0.15) is 0 Å². The molecular formula is C53H95NO10. The maximum Gasteiger partial charge on any atom is 0.249 e. The smallest absolute Gasteiger partial charge is 0.249 e. The molecule has 1 aliphatic rings. The van der Waals surface area contributed by atoms with Crippen LogP contribution in [0.5, 0.6) is 0 Å². The molecule has 9 atom stereocenters. The summed E-state index contributed by atoms with van der Waals surface area (Å²) < 4.78 is 11.1. The molecule has 1 heterocycles. The number of carbonyl (C=O) groups is 1. The fourth-order valence-corrected chi connectivity index (χ4v) is 7.80. The molecule has 0 aliphatic carbocycles. The van der Waals surface area contributed by atoms with Crippen LogP contribution in [0.1, 0.15) is 200 Å². The Balaban J connectivity index is 2.42. The molecule has 1 aliphatic heterocycles. The number of hydrogen-bond donors (Lipinski definition) is 8. The van der Waals surface area contributed by atoms with Gasteiger partial charge >= 0.3 is 0 Å². The van der Waals surface area contributed by atoms with Gasteiger partial charge in [0.05, 0.1) is 25.4 Å². The maximum absolute atomic E-state index is 13.1. The van der Waals surface area contributed by atoms with Gasteiger partial charge in [0, 0.05) is 0 Å². The molecule has 8 N–H and O–H groups in total. The lowest BCUT2D eigenvalue weighted by Crippen LogP contribution is -2.60. The van der Waals surface area contributed by atoms with Gasteiger partial charge in [-0.25, -0.2) is 0 Å². The third-order valence-corrected chi connectivity index (χ3v) is 12.0. The summed E-state index contributed by atoms with van der Waals surface area (Å²) in [6, 6.07) is -1.20. The minimum atomic E-state index is -1.67. The van der Waals surface area contributed by atoms with Gasteiger partial charge in [-0.15, -0.1) is 0 Å². The first kappa shape index (κ1) is 59.8. The van der Waals surface area contributed by atoms with Crippen molar-refractivity contribution in [3.63, 3.8) is 0 Å². The van der Waals surface area contributed by atoms with Crippen molar-refractivity contribution in [1.82, 2.24) is 5.32 Å². The highest BCUT2D eigenvalue weighted by atomic mass is 16.7. The van der Waals surface area contributed by atoms with Crippen LogP contribution in [0.2, 0.25) is 0 Å². The first-order chi connectivity index (χ1) is 31.2. The minimum absolute atomic E-state index is 0.239. The molecule has 11 nitrogen and oxygen atoms in total. The number of hydrogen-bond acceptors (Lipinski definition) is 10. The average molecular weight is 906 g/mol. The van der Waals surface area contributed by atoms with Crippen LogP contribution >= 0.6 is 0 Å². The largest absolute Gasteiger partial charge is 0.394 e. The van der Waals surface area contributed by atoms with Crippen LogP contribution < -0.4 is 5.32 Å². The van der Waals surface area contributed by atoms with E-state index in [9.17, 15) is 40.5 Å². The van der Waals surface area contributed by atoms with Crippen molar-refractivity contribution < 1.29 is 50.0 Å². The molecule has 0 aromatic heterocycles. The molecule has 0 spiro atoms. The number of allylic oxidation sites excluding steroid dienone is 10. The zero-order chi connectivity index (χ0) is 46.9. The summed E-state index contributed by atoms with van der Waals surface area (Å²) in [6.45, 7) is 3.30. The zero-order valence-corrected chi connectivity index (χ0v) is 40.2. The lowest BCUT2D eigenvalue weighted by Gasteiger charge is -2.40. The zero-order valence-electron chi connectivity index (χ0n) is 40.2. The molecule has 0 aromatic carbocycles. The standard InChI is InChI=1S/C53H95NO10/c1-3-5-7-9-11-13-15-17-19-21-22-23-25-27-29-31-33-35-37-39-41-46(57)52(62)54-44(43-63-53-51(61)50(60)49(59)47(42-55)64-53)48(58)45(56)40-38-36-34-32-30-28-26-24-20-18-16-14-12-10-8-6-4-2/h5,7,11,13-14,16,24,26,32,34,44-51,53,55-61H,3-4,6,8-10,12,15,17-23,25,27-31,33,35-43H2,1-2H3,(H,54,62)/b7-5-,13-11-,16-14+,26-24+,34-32+. The number of ether oxygens (including phenoxy) is 2. The van der Waals surface area contributed by atoms with Crippen LogP contribution in [0.3, 0.4) is 0 Å². The number of rotatable bonds is 42. The lowest BCUT2D eigenvalue weighted by atomic mass is 9.98. The second-order valence-corrected chi connectivity index (χ2v) is 17.8. The van der Waals surface area contributed by atoms with Crippen molar-refractivity contribution in [3.05, 3.63) is 60.8 Å². The number of amides is 1. The molecular weight excluding hydrogens is 811 g/mol. The third kappa shape index (κ3) is 30.9. The van der Waals surface area contributed by atoms with Crippen LogP contribution in [0.4, 0.5) is 0 Å². The molecule has 1 fully saturated rings. The van der Waals surface area contributed by atoms with E-state index in [1.165, 1.54) is 96.3 Å². The van der Waals surface area contributed by atoms with E-state index in [0.717, 1.165) is 57.8 Å². The number of nitrogens with one attached hydrogen (secondary N) is 1. The SMILES string of the molecule is CC/C=C\C/C=C\CCCCCCCCCCCCCCCC(O)C(=O)NC(COC1OC(CO)C(O)C(O)C1O)C(O)C(O)CCC/C=C/CC/C=C/CC/C=C/CCCCCC. The molecule has 0 bridgehead atoms. The Morgan fingerprint density at radius 3 is 1.56 bits per heavy atom. The quantitative estimate of drug-likeness (QED) is 0.0216. The molecule has 0 radical (unpaired) electrons. The van der Waals surface area contributed by atoms with Crippen molar-refractivity contribution in [1.29, 1.82) is 0 Å². The van der Waals surface area contributed by atoms with Gasteiger partial charge in [0.2, 0.25) is 5.91 Å². The van der Waals surface area contributed by atoms with Gasteiger partial charge in [0.25, 0.3) is 0 Å². The predicted octanol–water partition coefficient (Wildman–Crippen LogP) is 9.50. The predicted molar refractivity (Wildman–Crippen MR) is 261 cm³/mol. The van der Waals surface area contributed by atoms with E-state index < -0.39 is 74.2 Å². The number of aliphatic hydroxyl groups excluding tert-OH is 7. The topological polar surface area (TPSA) is 189 Å².